The predicted molar refractivity (Wildman–Crippen MR) is 136 cm³/mol. The van der Waals surface area contributed by atoms with Gasteiger partial charge in [-0.05, 0) is 50.3 Å². The van der Waals surface area contributed by atoms with E-state index in [0.29, 0.717) is 11.6 Å². The molecule has 0 aliphatic carbocycles. The molecule has 0 bridgehead atoms. The summed E-state index contributed by atoms with van der Waals surface area (Å²) in [6, 6.07) is 37.4. The van der Waals surface area contributed by atoms with Crippen molar-refractivity contribution in [3.05, 3.63) is 114 Å². The number of nitrogens with zero attached hydrogens (tertiary/aromatic N) is 3. The summed E-state index contributed by atoms with van der Waals surface area (Å²) in [5.41, 5.74) is 3.97. The fourth-order valence-corrected chi connectivity index (χ4v) is 4.45. The van der Waals surface area contributed by atoms with E-state index >= 15 is 0 Å². The van der Waals surface area contributed by atoms with Crippen molar-refractivity contribution in [2.24, 2.45) is 0 Å². The van der Waals surface area contributed by atoms with Crippen molar-refractivity contribution in [2.45, 2.75) is 0 Å². The first-order chi connectivity index (χ1) is 16.3. The second-order valence-corrected chi connectivity index (χ2v) is 8.22. The molecular weight excluding hydrogens is 426 g/mol. The third-order valence-corrected chi connectivity index (χ3v) is 6.03. The van der Waals surface area contributed by atoms with Gasteiger partial charge in [-0.2, -0.15) is 9.97 Å². The first-order valence-corrected chi connectivity index (χ1v) is 11.1. The van der Waals surface area contributed by atoms with Crippen LogP contribution in [0.2, 0.25) is 5.28 Å². The topological polar surface area (TPSA) is 38.7 Å². The summed E-state index contributed by atoms with van der Waals surface area (Å²) in [6.07, 6.45) is 0. The van der Waals surface area contributed by atoms with E-state index in [1.54, 1.807) is 0 Å². The summed E-state index contributed by atoms with van der Waals surface area (Å²) in [5.74, 6) is 1.12. The van der Waals surface area contributed by atoms with Crippen LogP contribution in [0.1, 0.15) is 0 Å². The minimum atomic E-state index is 0.179. The highest BCUT2D eigenvalue weighted by Gasteiger charge is 2.14. The van der Waals surface area contributed by atoms with Crippen molar-refractivity contribution in [2.75, 3.05) is 0 Å². The smallest absolute Gasteiger partial charge is 0.208 e. The van der Waals surface area contributed by atoms with Crippen molar-refractivity contribution >= 4 is 33.1 Å². The van der Waals surface area contributed by atoms with Crippen molar-refractivity contribution < 1.29 is 0 Å². The molecule has 5 aromatic carbocycles. The molecule has 0 atom stereocenters. The van der Waals surface area contributed by atoms with Crippen LogP contribution in [0.5, 0.6) is 0 Å². The van der Waals surface area contributed by atoms with Gasteiger partial charge in [-0.1, -0.05) is 103 Å². The van der Waals surface area contributed by atoms with Gasteiger partial charge in [0.05, 0.1) is 0 Å². The Hall–Kier alpha value is -4.08. The van der Waals surface area contributed by atoms with E-state index in [1.807, 2.05) is 48.5 Å². The zero-order valence-corrected chi connectivity index (χ0v) is 18.4. The van der Waals surface area contributed by atoms with Gasteiger partial charge in [-0.25, -0.2) is 4.98 Å². The van der Waals surface area contributed by atoms with Gasteiger partial charge in [0.15, 0.2) is 11.6 Å². The summed E-state index contributed by atoms with van der Waals surface area (Å²) in [6.45, 7) is 0. The summed E-state index contributed by atoms with van der Waals surface area (Å²) >= 11 is 6.33. The number of fused-ring (bicyclic) bond motifs is 3. The van der Waals surface area contributed by atoms with Crippen LogP contribution < -0.4 is 0 Å². The third kappa shape index (κ3) is 3.63. The molecule has 0 radical (unpaired) electrons. The molecule has 0 fully saturated rings. The largest absolute Gasteiger partial charge is 0.226 e. The molecule has 0 aliphatic heterocycles. The SMILES string of the molecule is Clc1nc(-c2ccccc2)nc(-c2ccccc2-c2ccc3ccc4ccccc4c3c2)n1. The Kier molecular flexibility index (Phi) is 4.82. The lowest BCUT2D eigenvalue weighted by atomic mass is 9.94. The predicted octanol–water partition coefficient (Wildman–Crippen LogP) is 7.83. The minimum Gasteiger partial charge on any atom is -0.208 e. The van der Waals surface area contributed by atoms with Gasteiger partial charge >= 0.3 is 0 Å². The highest BCUT2D eigenvalue weighted by atomic mass is 35.5. The Bertz CT molecular complexity index is 1630. The molecular formula is C29H18ClN3. The van der Waals surface area contributed by atoms with Gasteiger partial charge in [0.1, 0.15) is 0 Å². The average molecular weight is 444 g/mol. The Morgan fingerprint density at radius 2 is 1.09 bits per heavy atom. The molecule has 0 amide bonds. The molecule has 0 N–H and O–H groups in total. The van der Waals surface area contributed by atoms with Gasteiger partial charge in [0.25, 0.3) is 0 Å². The third-order valence-electron chi connectivity index (χ3n) is 5.87. The first-order valence-electron chi connectivity index (χ1n) is 10.7. The quantitative estimate of drug-likeness (QED) is 0.261. The number of rotatable bonds is 3. The van der Waals surface area contributed by atoms with Crippen LogP contribution in [0.3, 0.4) is 0 Å². The highest BCUT2D eigenvalue weighted by molar-refractivity contribution is 6.28. The summed E-state index contributed by atoms with van der Waals surface area (Å²) in [7, 11) is 0. The van der Waals surface area contributed by atoms with Crippen LogP contribution in [0.25, 0.3) is 55.4 Å². The second kappa shape index (κ2) is 8.12. The molecule has 6 rings (SSSR count). The number of hydrogen-bond donors (Lipinski definition) is 0. The van der Waals surface area contributed by atoms with E-state index in [4.69, 9.17) is 16.6 Å². The molecule has 0 saturated heterocycles. The van der Waals surface area contributed by atoms with E-state index in [2.05, 4.69) is 70.6 Å². The van der Waals surface area contributed by atoms with Crippen LogP contribution in [-0.2, 0) is 0 Å². The standard InChI is InChI=1S/C29H18ClN3/c30-29-32-27(21-9-2-1-3-10-21)31-28(33-29)25-13-7-6-12-24(25)22-17-16-20-15-14-19-8-4-5-11-23(19)26(20)18-22/h1-18H. The van der Waals surface area contributed by atoms with Gasteiger partial charge < -0.3 is 0 Å². The lowest BCUT2D eigenvalue weighted by Crippen LogP contribution is -1.98. The zero-order valence-electron chi connectivity index (χ0n) is 17.6. The number of benzene rings is 5. The van der Waals surface area contributed by atoms with E-state index in [1.165, 1.54) is 21.5 Å². The van der Waals surface area contributed by atoms with Gasteiger partial charge in [0.2, 0.25) is 5.28 Å². The minimum absolute atomic E-state index is 0.179. The highest BCUT2D eigenvalue weighted by Crippen LogP contribution is 2.35. The van der Waals surface area contributed by atoms with Gasteiger partial charge in [-0.3, -0.25) is 0 Å². The molecule has 4 heteroatoms. The van der Waals surface area contributed by atoms with Crippen molar-refractivity contribution in [1.82, 2.24) is 15.0 Å². The molecule has 156 valence electrons. The van der Waals surface area contributed by atoms with Crippen molar-refractivity contribution in [3.63, 3.8) is 0 Å². The Balaban J connectivity index is 1.54. The Labute approximate surface area is 196 Å². The monoisotopic (exact) mass is 443 g/mol. The zero-order chi connectivity index (χ0) is 22.2. The van der Waals surface area contributed by atoms with E-state index < -0.39 is 0 Å². The van der Waals surface area contributed by atoms with E-state index in [-0.39, 0.29) is 5.28 Å². The molecule has 3 nitrogen and oxygen atoms in total. The van der Waals surface area contributed by atoms with Crippen molar-refractivity contribution in [1.29, 1.82) is 0 Å². The molecule has 0 spiro atoms. The van der Waals surface area contributed by atoms with Crippen LogP contribution in [0.15, 0.2) is 109 Å². The molecule has 0 saturated carbocycles. The van der Waals surface area contributed by atoms with E-state index in [9.17, 15) is 0 Å². The van der Waals surface area contributed by atoms with Gasteiger partial charge in [-0.15, -0.1) is 0 Å². The Morgan fingerprint density at radius 3 is 1.94 bits per heavy atom. The molecule has 0 unspecified atom stereocenters. The Morgan fingerprint density at radius 1 is 0.455 bits per heavy atom. The lowest BCUT2D eigenvalue weighted by Gasteiger charge is -2.12. The summed E-state index contributed by atoms with van der Waals surface area (Å²) in [4.78, 5) is 13.6. The normalized spacial score (nSPS) is 11.2. The first kappa shape index (κ1) is 19.6. The number of aromatic nitrogens is 3. The maximum absolute atomic E-state index is 6.33. The average Bonchev–Trinajstić information content (AvgIpc) is 2.88. The molecule has 33 heavy (non-hydrogen) atoms. The fourth-order valence-electron chi connectivity index (χ4n) is 4.29. The molecule has 1 heterocycles. The van der Waals surface area contributed by atoms with Crippen LogP contribution in [0.4, 0.5) is 0 Å². The molecule has 6 aromatic rings. The van der Waals surface area contributed by atoms with E-state index in [0.717, 1.165) is 22.3 Å². The maximum Gasteiger partial charge on any atom is 0.226 e. The molecule has 1 aromatic heterocycles. The lowest BCUT2D eigenvalue weighted by molar-refractivity contribution is 1.07. The van der Waals surface area contributed by atoms with Crippen molar-refractivity contribution in [3.8, 4) is 33.9 Å². The molecule has 0 aliphatic rings. The van der Waals surface area contributed by atoms with Crippen LogP contribution in [-0.4, -0.2) is 15.0 Å². The summed E-state index contributed by atoms with van der Waals surface area (Å²) in [5, 5.41) is 5.08. The van der Waals surface area contributed by atoms with Crippen LogP contribution >= 0.6 is 11.6 Å². The number of halogens is 1. The van der Waals surface area contributed by atoms with Gasteiger partial charge in [0, 0.05) is 11.1 Å². The number of hydrogen-bond acceptors (Lipinski definition) is 3. The maximum atomic E-state index is 6.33. The fraction of sp³-hybridized carbons (Fsp3) is 0. The second-order valence-electron chi connectivity index (χ2n) is 7.89. The summed E-state index contributed by atoms with van der Waals surface area (Å²) < 4.78 is 0. The van der Waals surface area contributed by atoms with Crippen LogP contribution in [0, 0.1) is 0 Å².